The summed E-state index contributed by atoms with van der Waals surface area (Å²) < 4.78 is 0. The number of nitrogens with two attached hydrogens (primary N) is 1. The number of likely N-dealkylation sites (tertiary alicyclic amines) is 1. The summed E-state index contributed by atoms with van der Waals surface area (Å²) in [5.41, 5.74) is 8.47. The molecule has 3 amide bonds. The molecule has 1 aliphatic heterocycles. The molecule has 0 aliphatic carbocycles. The zero-order chi connectivity index (χ0) is 23.3. The quantitative estimate of drug-likeness (QED) is 0.669. The number of carbonyl (C=O) groups is 3. The van der Waals surface area contributed by atoms with Crippen molar-refractivity contribution in [2.75, 3.05) is 33.7 Å². The normalized spacial score (nSPS) is 18.1. The lowest BCUT2D eigenvalue weighted by Gasteiger charge is -2.22. The fourth-order valence-corrected chi connectivity index (χ4v) is 4.09. The van der Waals surface area contributed by atoms with Crippen LogP contribution in [-0.4, -0.2) is 71.1 Å². The van der Waals surface area contributed by atoms with Crippen molar-refractivity contribution in [2.45, 2.75) is 25.9 Å². The summed E-state index contributed by atoms with van der Waals surface area (Å²) in [6, 6.07) is 13.6. The van der Waals surface area contributed by atoms with E-state index < -0.39 is 0 Å². The molecule has 8 nitrogen and oxygen atoms in total. The highest BCUT2D eigenvalue weighted by atomic mass is 16.2. The molecule has 2 aromatic rings. The Morgan fingerprint density at radius 3 is 2.38 bits per heavy atom. The smallest absolute Gasteiger partial charge is 0.236 e. The Morgan fingerprint density at radius 2 is 1.78 bits per heavy atom. The second-order valence-electron chi connectivity index (χ2n) is 8.52. The first kappa shape index (κ1) is 23.4. The number of rotatable bonds is 8. The van der Waals surface area contributed by atoms with E-state index in [0.29, 0.717) is 32.7 Å². The number of aromatic nitrogens is 1. The van der Waals surface area contributed by atoms with Crippen LogP contribution in [0.5, 0.6) is 0 Å². The first-order valence-electron chi connectivity index (χ1n) is 10.7. The summed E-state index contributed by atoms with van der Waals surface area (Å²) in [6.45, 7) is 3.75. The van der Waals surface area contributed by atoms with Gasteiger partial charge < -0.3 is 15.5 Å². The van der Waals surface area contributed by atoms with Crippen molar-refractivity contribution in [1.82, 2.24) is 19.7 Å². The van der Waals surface area contributed by atoms with Gasteiger partial charge in [0.25, 0.3) is 0 Å². The third kappa shape index (κ3) is 5.91. The maximum Gasteiger partial charge on any atom is 0.236 e. The van der Waals surface area contributed by atoms with Gasteiger partial charge in [-0.3, -0.25) is 24.3 Å². The van der Waals surface area contributed by atoms with Crippen molar-refractivity contribution in [2.24, 2.45) is 11.7 Å². The number of carbonyl (C=O) groups excluding carboxylic acids is 3. The van der Waals surface area contributed by atoms with Gasteiger partial charge in [-0.05, 0) is 30.3 Å². The van der Waals surface area contributed by atoms with Gasteiger partial charge in [-0.2, -0.15) is 0 Å². The third-order valence-electron chi connectivity index (χ3n) is 5.95. The molecule has 1 aliphatic rings. The van der Waals surface area contributed by atoms with Gasteiger partial charge in [-0.1, -0.05) is 30.3 Å². The third-order valence-corrected chi connectivity index (χ3v) is 5.95. The fraction of sp³-hybridized carbons (Fsp3) is 0.417. The molecule has 32 heavy (non-hydrogen) atoms. The van der Waals surface area contributed by atoms with E-state index in [9.17, 15) is 14.4 Å². The van der Waals surface area contributed by atoms with Crippen LogP contribution >= 0.6 is 0 Å². The number of pyridine rings is 1. The average molecular weight is 438 g/mol. The lowest BCUT2D eigenvalue weighted by atomic mass is 9.88. The average Bonchev–Trinajstić information content (AvgIpc) is 3.21. The van der Waals surface area contributed by atoms with E-state index >= 15 is 0 Å². The van der Waals surface area contributed by atoms with E-state index in [1.165, 1.54) is 6.92 Å². The van der Waals surface area contributed by atoms with E-state index in [2.05, 4.69) is 4.98 Å². The number of amides is 3. The van der Waals surface area contributed by atoms with Gasteiger partial charge in [0.05, 0.1) is 18.2 Å². The molecule has 0 bridgehead atoms. The first-order valence-corrected chi connectivity index (χ1v) is 10.7. The molecule has 1 aromatic carbocycles. The molecule has 0 saturated carbocycles. The van der Waals surface area contributed by atoms with E-state index in [4.69, 9.17) is 5.73 Å². The Kier molecular flexibility index (Phi) is 7.58. The van der Waals surface area contributed by atoms with Gasteiger partial charge in [0.15, 0.2) is 0 Å². The second kappa shape index (κ2) is 10.4. The zero-order valence-corrected chi connectivity index (χ0v) is 18.9. The van der Waals surface area contributed by atoms with Crippen LogP contribution in [0.2, 0.25) is 0 Å². The molecule has 8 heteroatoms. The number of hydrogen-bond donors (Lipinski definition) is 1. The lowest BCUT2D eigenvalue weighted by molar-refractivity contribution is -0.131. The van der Waals surface area contributed by atoms with Crippen LogP contribution in [0.1, 0.15) is 29.7 Å². The number of benzene rings is 1. The predicted molar refractivity (Wildman–Crippen MR) is 121 cm³/mol. The fourth-order valence-electron chi connectivity index (χ4n) is 4.09. The monoisotopic (exact) mass is 437 g/mol. The molecule has 2 atom stereocenters. The van der Waals surface area contributed by atoms with Crippen molar-refractivity contribution in [3.05, 3.63) is 65.5 Å². The Morgan fingerprint density at radius 1 is 1.06 bits per heavy atom. The van der Waals surface area contributed by atoms with Crippen LogP contribution < -0.4 is 5.73 Å². The van der Waals surface area contributed by atoms with Crippen LogP contribution in [-0.2, 0) is 27.5 Å². The van der Waals surface area contributed by atoms with E-state index in [1.807, 2.05) is 54.4 Å². The van der Waals surface area contributed by atoms with Crippen LogP contribution in [0.4, 0.5) is 0 Å². The van der Waals surface area contributed by atoms with Gasteiger partial charge in [0, 0.05) is 52.3 Å². The summed E-state index contributed by atoms with van der Waals surface area (Å²) in [5, 5.41) is 0. The van der Waals surface area contributed by atoms with Crippen LogP contribution in [0, 0.1) is 5.92 Å². The maximum atomic E-state index is 12.6. The Balaban J connectivity index is 1.57. The van der Waals surface area contributed by atoms with Gasteiger partial charge in [0.2, 0.25) is 17.7 Å². The van der Waals surface area contributed by atoms with Crippen molar-refractivity contribution in [3.8, 4) is 0 Å². The highest BCUT2D eigenvalue weighted by Crippen LogP contribution is 2.32. The summed E-state index contributed by atoms with van der Waals surface area (Å²) >= 11 is 0. The van der Waals surface area contributed by atoms with E-state index in [0.717, 1.165) is 16.8 Å². The lowest BCUT2D eigenvalue weighted by Crippen LogP contribution is -2.36. The van der Waals surface area contributed by atoms with Crippen molar-refractivity contribution in [1.29, 1.82) is 0 Å². The summed E-state index contributed by atoms with van der Waals surface area (Å²) in [5.74, 6) is -0.908. The van der Waals surface area contributed by atoms with Crippen LogP contribution in [0.25, 0.3) is 0 Å². The number of likely N-dealkylation sites (N-methyl/N-ethyl adjacent to an activating group) is 2. The van der Waals surface area contributed by atoms with Crippen LogP contribution in [0.3, 0.4) is 0 Å². The van der Waals surface area contributed by atoms with Crippen molar-refractivity contribution in [3.63, 3.8) is 0 Å². The Hall–Kier alpha value is -3.26. The molecular formula is C24H31N5O3. The molecule has 2 heterocycles. The van der Waals surface area contributed by atoms with Crippen LogP contribution in [0.15, 0.2) is 48.7 Å². The van der Waals surface area contributed by atoms with Gasteiger partial charge in [0.1, 0.15) is 0 Å². The molecule has 170 valence electrons. The molecule has 0 unspecified atom stereocenters. The molecule has 1 fully saturated rings. The molecule has 3 rings (SSSR count). The highest BCUT2D eigenvalue weighted by molar-refractivity contribution is 5.81. The topological polar surface area (TPSA) is 99.8 Å². The molecule has 1 saturated heterocycles. The second-order valence-corrected chi connectivity index (χ2v) is 8.52. The molecule has 0 radical (unpaired) electrons. The van der Waals surface area contributed by atoms with Gasteiger partial charge in [-0.25, -0.2) is 0 Å². The predicted octanol–water partition coefficient (Wildman–Crippen LogP) is 1.22. The summed E-state index contributed by atoms with van der Waals surface area (Å²) in [6.07, 6.45) is 1.75. The minimum Gasteiger partial charge on any atom is -0.369 e. The number of primary amides is 1. The SMILES string of the molecule is CC(=O)N1C[C@H](C(N)=O)[C@@H](c2ccc(CN(C)C(=O)CN(C)Cc3ccccn3)cc2)C1. The zero-order valence-electron chi connectivity index (χ0n) is 18.9. The molecular weight excluding hydrogens is 406 g/mol. The highest BCUT2D eigenvalue weighted by Gasteiger charge is 2.38. The Labute approximate surface area is 189 Å². The largest absolute Gasteiger partial charge is 0.369 e. The van der Waals surface area contributed by atoms with Crippen molar-refractivity contribution < 1.29 is 14.4 Å². The number of nitrogens with zero attached hydrogens (tertiary/aromatic N) is 4. The molecule has 0 spiro atoms. The van der Waals surface area contributed by atoms with E-state index in [1.54, 1.807) is 23.0 Å². The summed E-state index contributed by atoms with van der Waals surface area (Å²) in [4.78, 5) is 45.8. The van der Waals surface area contributed by atoms with Crippen molar-refractivity contribution >= 4 is 17.7 Å². The van der Waals surface area contributed by atoms with E-state index in [-0.39, 0.29) is 29.6 Å². The minimum atomic E-state index is -0.386. The van der Waals surface area contributed by atoms with Gasteiger partial charge >= 0.3 is 0 Å². The standard InChI is InChI=1S/C24H31N5O3/c1-17(30)29-14-21(22(15-29)24(25)32)19-9-7-18(8-10-19)12-28(3)23(31)16-27(2)13-20-6-4-5-11-26-20/h4-11,21-22H,12-16H2,1-3H3,(H2,25,32)/t21-,22+/m1/s1. The first-order chi connectivity index (χ1) is 15.2. The molecule has 1 aromatic heterocycles. The number of hydrogen-bond acceptors (Lipinski definition) is 5. The minimum absolute atomic E-state index is 0.0224. The Bertz CT molecular complexity index is 948. The maximum absolute atomic E-state index is 12.6. The molecule has 2 N–H and O–H groups in total. The summed E-state index contributed by atoms with van der Waals surface area (Å²) in [7, 11) is 3.69. The van der Waals surface area contributed by atoms with Gasteiger partial charge in [-0.15, -0.1) is 0 Å².